The standard InChI is InChI=1S/C26H25ClF2N2O4/c1-15(32)18-12-30(21-9-4-3-7-17(18)21)14-23(34)31-13-20(28)26(35-2)25(31)22(33)11-10-16-6-5-8-19(27)24(16)29/h3-9,12,20,25-26H,10-11,13-14H2,1-2H3/t20-,25+,26+/m0/s1/i1D3. The Morgan fingerprint density at radius 3 is 2.71 bits per heavy atom. The number of para-hydroxylation sites is 1. The number of fused-ring (bicyclic) bond motifs is 1. The van der Waals surface area contributed by atoms with E-state index in [1.807, 2.05) is 0 Å². The first kappa shape index (κ1) is 21.2. The molecule has 3 aromatic rings. The molecule has 0 N–H and O–H groups in total. The lowest BCUT2D eigenvalue weighted by Crippen LogP contribution is -2.47. The van der Waals surface area contributed by atoms with Crippen molar-refractivity contribution in [3.05, 3.63) is 70.6 Å². The van der Waals surface area contributed by atoms with Gasteiger partial charge in [-0.15, -0.1) is 0 Å². The van der Waals surface area contributed by atoms with E-state index in [0.29, 0.717) is 10.9 Å². The maximum atomic E-state index is 14.9. The Morgan fingerprint density at radius 1 is 1.20 bits per heavy atom. The van der Waals surface area contributed by atoms with Gasteiger partial charge in [-0.2, -0.15) is 0 Å². The molecule has 1 aliphatic heterocycles. The molecule has 1 saturated heterocycles. The lowest BCUT2D eigenvalue weighted by Gasteiger charge is -2.26. The molecule has 0 bridgehead atoms. The number of aryl methyl sites for hydroxylation is 1. The number of ether oxygens (including phenoxy) is 1. The zero-order valence-corrected chi connectivity index (χ0v) is 19.6. The van der Waals surface area contributed by atoms with Crippen LogP contribution in [-0.4, -0.2) is 58.9 Å². The van der Waals surface area contributed by atoms with Crippen molar-refractivity contribution in [1.29, 1.82) is 0 Å². The number of aromatic nitrogens is 1. The van der Waals surface area contributed by atoms with Crippen LogP contribution in [0.15, 0.2) is 48.7 Å². The van der Waals surface area contributed by atoms with E-state index in [-0.39, 0.29) is 42.1 Å². The number of rotatable bonds is 8. The Labute approximate surface area is 210 Å². The minimum absolute atomic E-state index is 0.0000235. The van der Waals surface area contributed by atoms with Gasteiger partial charge in [0.15, 0.2) is 11.6 Å². The number of carbonyl (C=O) groups is 3. The van der Waals surface area contributed by atoms with Crippen molar-refractivity contribution < 1.29 is 32.0 Å². The molecule has 0 unspecified atom stereocenters. The number of likely N-dealkylation sites (tertiary alicyclic amines) is 1. The Balaban J connectivity index is 1.59. The second-order valence-corrected chi connectivity index (χ2v) is 8.81. The number of halogens is 3. The predicted octanol–water partition coefficient (Wildman–Crippen LogP) is 4.40. The number of carbonyl (C=O) groups excluding carboxylic acids is 3. The van der Waals surface area contributed by atoms with Crippen LogP contribution in [0, 0.1) is 5.82 Å². The zero-order valence-electron chi connectivity index (χ0n) is 21.8. The quantitative estimate of drug-likeness (QED) is 0.425. The summed E-state index contributed by atoms with van der Waals surface area (Å²) in [6, 6.07) is 9.70. The number of hydrogen-bond donors (Lipinski definition) is 0. The van der Waals surface area contributed by atoms with Crippen LogP contribution < -0.4 is 0 Å². The topological polar surface area (TPSA) is 68.6 Å². The van der Waals surface area contributed by atoms with E-state index < -0.39 is 48.5 Å². The first-order valence-electron chi connectivity index (χ1n) is 12.5. The fourth-order valence-electron chi connectivity index (χ4n) is 4.61. The van der Waals surface area contributed by atoms with Gasteiger partial charge in [-0.25, -0.2) is 8.78 Å². The van der Waals surface area contributed by atoms with Crippen molar-refractivity contribution in [3.63, 3.8) is 0 Å². The van der Waals surface area contributed by atoms with Crippen LogP contribution in [0.4, 0.5) is 8.78 Å². The maximum Gasteiger partial charge on any atom is 0.243 e. The second kappa shape index (κ2) is 10.3. The average Bonchev–Trinajstić information content (AvgIpc) is 3.41. The van der Waals surface area contributed by atoms with E-state index in [9.17, 15) is 23.2 Å². The maximum absolute atomic E-state index is 14.9. The average molecular weight is 506 g/mol. The zero-order chi connectivity index (χ0) is 27.8. The number of nitrogens with zero attached hydrogens (tertiary/aromatic N) is 2. The first-order chi connectivity index (χ1) is 17.9. The monoisotopic (exact) mass is 505 g/mol. The van der Waals surface area contributed by atoms with Crippen LogP contribution in [0.25, 0.3) is 10.9 Å². The van der Waals surface area contributed by atoms with Crippen molar-refractivity contribution in [3.8, 4) is 0 Å². The number of Topliss-reactive ketones (excluding diaryl/α,β-unsaturated/α-hetero) is 2. The second-order valence-electron chi connectivity index (χ2n) is 8.40. The van der Waals surface area contributed by atoms with Gasteiger partial charge in [-0.3, -0.25) is 14.4 Å². The molecular formula is C26H25ClF2N2O4. The van der Waals surface area contributed by atoms with Crippen LogP contribution in [0.5, 0.6) is 0 Å². The molecule has 0 radical (unpaired) electrons. The molecule has 6 nitrogen and oxygen atoms in total. The number of ketones is 2. The summed E-state index contributed by atoms with van der Waals surface area (Å²) in [6.45, 7) is -3.63. The smallest absolute Gasteiger partial charge is 0.243 e. The van der Waals surface area contributed by atoms with Gasteiger partial charge >= 0.3 is 0 Å². The van der Waals surface area contributed by atoms with E-state index in [2.05, 4.69) is 0 Å². The van der Waals surface area contributed by atoms with Gasteiger partial charge in [0.25, 0.3) is 0 Å². The highest BCUT2D eigenvalue weighted by Crippen LogP contribution is 2.28. The molecule has 1 aliphatic rings. The fraction of sp³-hybridized carbons (Fsp3) is 0.346. The molecule has 1 aromatic heterocycles. The summed E-state index contributed by atoms with van der Waals surface area (Å²) >= 11 is 5.81. The van der Waals surface area contributed by atoms with E-state index in [0.717, 1.165) is 4.90 Å². The number of hydrogen-bond acceptors (Lipinski definition) is 4. The van der Waals surface area contributed by atoms with Gasteiger partial charge in [0.05, 0.1) is 11.6 Å². The molecule has 35 heavy (non-hydrogen) atoms. The Kier molecular flexibility index (Phi) is 6.21. The van der Waals surface area contributed by atoms with Crippen molar-refractivity contribution in [2.24, 2.45) is 0 Å². The first-order valence-corrected chi connectivity index (χ1v) is 11.4. The largest absolute Gasteiger partial charge is 0.376 e. The molecule has 0 spiro atoms. The highest BCUT2D eigenvalue weighted by molar-refractivity contribution is 6.30. The lowest BCUT2D eigenvalue weighted by atomic mass is 9.99. The molecule has 0 aliphatic carbocycles. The number of amides is 1. The molecule has 1 fully saturated rings. The van der Waals surface area contributed by atoms with Gasteiger partial charge in [-0.1, -0.05) is 41.9 Å². The van der Waals surface area contributed by atoms with E-state index in [4.69, 9.17) is 20.5 Å². The van der Waals surface area contributed by atoms with Crippen LogP contribution in [0.1, 0.15) is 33.3 Å². The highest BCUT2D eigenvalue weighted by atomic mass is 35.5. The van der Waals surface area contributed by atoms with E-state index in [1.165, 1.54) is 30.0 Å². The minimum Gasteiger partial charge on any atom is -0.376 e. The highest BCUT2D eigenvalue weighted by Gasteiger charge is 2.48. The third-order valence-corrected chi connectivity index (χ3v) is 6.60. The molecule has 9 heteroatoms. The third kappa shape index (κ3) is 4.86. The summed E-state index contributed by atoms with van der Waals surface area (Å²) < 4.78 is 58.2. The molecule has 4 rings (SSSR count). The SMILES string of the molecule is [2H]C([2H])([2H])C(=O)c1cn(CC(=O)N2C[C@H](F)[C@@H](OC)[C@H]2C(=O)CCc2cccc(Cl)c2F)c2ccccc12. The summed E-state index contributed by atoms with van der Waals surface area (Å²) in [7, 11) is 1.24. The fourth-order valence-corrected chi connectivity index (χ4v) is 4.81. The summed E-state index contributed by atoms with van der Waals surface area (Å²) in [5.41, 5.74) is 0.592. The van der Waals surface area contributed by atoms with Crippen molar-refractivity contribution >= 4 is 40.0 Å². The van der Waals surface area contributed by atoms with E-state index >= 15 is 0 Å². The normalized spacial score (nSPS) is 21.5. The minimum atomic E-state index is -2.87. The Morgan fingerprint density at radius 2 is 1.97 bits per heavy atom. The van der Waals surface area contributed by atoms with Gasteiger partial charge in [0.2, 0.25) is 5.91 Å². The van der Waals surface area contributed by atoms with Crippen molar-refractivity contribution in [2.45, 2.75) is 44.6 Å². The van der Waals surface area contributed by atoms with Gasteiger partial charge in [0, 0.05) is 40.3 Å². The van der Waals surface area contributed by atoms with Crippen LogP contribution >= 0.6 is 11.6 Å². The molecule has 0 saturated carbocycles. The molecular weight excluding hydrogens is 478 g/mol. The van der Waals surface area contributed by atoms with Gasteiger partial charge < -0.3 is 14.2 Å². The van der Waals surface area contributed by atoms with Crippen LogP contribution in [0.3, 0.4) is 0 Å². The molecule has 2 heterocycles. The summed E-state index contributed by atoms with van der Waals surface area (Å²) in [4.78, 5) is 40.2. The Bertz CT molecular complexity index is 1390. The lowest BCUT2D eigenvalue weighted by molar-refractivity contribution is -0.140. The molecule has 3 atom stereocenters. The summed E-state index contributed by atoms with van der Waals surface area (Å²) in [5, 5.41) is 0.277. The van der Waals surface area contributed by atoms with Crippen molar-refractivity contribution in [1.82, 2.24) is 9.47 Å². The predicted molar refractivity (Wildman–Crippen MR) is 128 cm³/mol. The number of benzene rings is 2. The molecule has 1 amide bonds. The Hall–Kier alpha value is -3.10. The van der Waals surface area contributed by atoms with Gasteiger partial charge in [-0.05, 0) is 31.0 Å². The number of methoxy groups -OCH3 is 1. The van der Waals surface area contributed by atoms with E-state index in [1.54, 1.807) is 30.3 Å². The van der Waals surface area contributed by atoms with Crippen molar-refractivity contribution in [2.75, 3.05) is 13.7 Å². The third-order valence-electron chi connectivity index (χ3n) is 6.31. The van der Waals surface area contributed by atoms with Crippen LogP contribution in [0.2, 0.25) is 5.02 Å². The molecule has 2 aromatic carbocycles. The van der Waals surface area contributed by atoms with Gasteiger partial charge in [0.1, 0.15) is 30.7 Å². The number of alkyl halides is 1. The molecule has 184 valence electrons. The summed E-state index contributed by atoms with van der Waals surface area (Å²) in [5.74, 6) is -2.83. The summed E-state index contributed by atoms with van der Waals surface area (Å²) in [6.07, 6.45) is -1.73. The van der Waals surface area contributed by atoms with Crippen LogP contribution in [-0.2, 0) is 27.3 Å².